The Morgan fingerprint density at radius 3 is 2.62 bits per heavy atom. The van der Waals surface area contributed by atoms with Crippen molar-refractivity contribution in [3.8, 4) is 0 Å². The summed E-state index contributed by atoms with van der Waals surface area (Å²) in [6, 6.07) is 16.0. The molecule has 2 saturated heterocycles. The molecule has 2 fully saturated rings. The summed E-state index contributed by atoms with van der Waals surface area (Å²) in [6.07, 6.45) is 1.25. The number of nitrogens with zero attached hydrogens (tertiary/aromatic N) is 2. The van der Waals surface area contributed by atoms with Crippen molar-refractivity contribution in [2.45, 2.75) is 39.2 Å². The molecule has 2 atom stereocenters. The lowest BCUT2D eigenvalue weighted by molar-refractivity contribution is -0.122. The van der Waals surface area contributed by atoms with E-state index in [1.165, 1.54) is 5.56 Å². The molecule has 0 saturated carbocycles. The fourth-order valence-electron chi connectivity index (χ4n) is 4.50. The van der Waals surface area contributed by atoms with Crippen LogP contribution in [0.3, 0.4) is 0 Å². The number of benzene rings is 2. The van der Waals surface area contributed by atoms with Crippen molar-refractivity contribution in [2.24, 2.45) is 5.92 Å². The van der Waals surface area contributed by atoms with E-state index in [4.69, 9.17) is 4.74 Å². The molecule has 2 aromatic rings. The zero-order valence-electron chi connectivity index (χ0n) is 19.0. The Hall–Kier alpha value is -2.70. The van der Waals surface area contributed by atoms with Crippen LogP contribution in [0.1, 0.15) is 43.7 Å². The number of ether oxygens (including phenoxy) is 1. The lowest BCUT2D eigenvalue weighted by Crippen LogP contribution is -2.36. The molecule has 1 N–H and O–H groups in total. The maximum atomic E-state index is 13.1. The lowest BCUT2D eigenvalue weighted by Gasteiger charge is -2.27. The highest BCUT2D eigenvalue weighted by Gasteiger charge is 2.36. The van der Waals surface area contributed by atoms with Crippen LogP contribution in [0, 0.1) is 5.92 Å². The Bertz CT molecular complexity index is 955. The summed E-state index contributed by atoms with van der Waals surface area (Å²) < 4.78 is 5.44. The highest BCUT2D eigenvalue weighted by Crippen LogP contribution is 2.34. The minimum Gasteiger partial charge on any atom is -0.379 e. The highest BCUT2D eigenvalue weighted by atomic mass is 16.5. The number of anilines is 2. The summed E-state index contributed by atoms with van der Waals surface area (Å²) in [5.41, 5.74) is 4.02. The van der Waals surface area contributed by atoms with Crippen molar-refractivity contribution in [1.82, 2.24) is 4.90 Å². The van der Waals surface area contributed by atoms with Gasteiger partial charge < -0.3 is 15.0 Å². The van der Waals surface area contributed by atoms with Gasteiger partial charge in [-0.1, -0.05) is 50.2 Å². The van der Waals surface area contributed by atoms with Crippen LogP contribution >= 0.6 is 0 Å². The third-order valence-corrected chi connectivity index (χ3v) is 6.64. The smallest absolute Gasteiger partial charge is 0.229 e. The fourth-order valence-corrected chi connectivity index (χ4v) is 4.50. The van der Waals surface area contributed by atoms with E-state index in [0.717, 1.165) is 56.2 Å². The first-order valence-corrected chi connectivity index (χ1v) is 11.6. The van der Waals surface area contributed by atoms with Gasteiger partial charge in [0.15, 0.2) is 0 Å². The first kappa shape index (κ1) is 22.5. The van der Waals surface area contributed by atoms with Gasteiger partial charge in [0.2, 0.25) is 11.8 Å². The molecule has 2 amide bonds. The zero-order chi connectivity index (χ0) is 22.5. The normalized spacial score (nSPS) is 20.4. The second-order valence-electron chi connectivity index (χ2n) is 8.81. The number of amides is 2. The van der Waals surface area contributed by atoms with Gasteiger partial charge in [-0.25, -0.2) is 0 Å². The van der Waals surface area contributed by atoms with E-state index < -0.39 is 0 Å². The van der Waals surface area contributed by atoms with Gasteiger partial charge in [-0.2, -0.15) is 0 Å². The molecular weight excluding hydrogens is 402 g/mol. The third-order valence-electron chi connectivity index (χ3n) is 6.64. The van der Waals surface area contributed by atoms with Gasteiger partial charge in [0.1, 0.15) is 0 Å². The molecule has 2 aromatic carbocycles. The summed E-state index contributed by atoms with van der Waals surface area (Å²) in [4.78, 5) is 30.1. The molecule has 2 aliphatic heterocycles. The number of para-hydroxylation sites is 2. The predicted molar refractivity (Wildman–Crippen MR) is 127 cm³/mol. The Balaban J connectivity index is 1.45. The van der Waals surface area contributed by atoms with Crippen molar-refractivity contribution in [3.63, 3.8) is 0 Å². The van der Waals surface area contributed by atoms with E-state index in [1.54, 1.807) is 4.90 Å². The van der Waals surface area contributed by atoms with Crippen LogP contribution in [0.15, 0.2) is 48.5 Å². The highest BCUT2D eigenvalue weighted by molar-refractivity contribution is 6.04. The van der Waals surface area contributed by atoms with Crippen LogP contribution in [0.2, 0.25) is 0 Å². The van der Waals surface area contributed by atoms with Crippen LogP contribution < -0.4 is 10.2 Å². The molecule has 6 heteroatoms. The zero-order valence-corrected chi connectivity index (χ0v) is 19.0. The molecule has 32 heavy (non-hydrogen) atoms. The van der Waals surface area contributed by atoms with Gasteiger partial charge in [0.25, 0.3) is 0 Å². The molecule has 0 aromatic heterocycles. The Morgan fingerprint density at radius 1 is 1.12 bits per heavy atom. The van der Waals surface area contributed by atoms with E-state index >= 15 is 0 Å². The average molecular weight is 436 g/mol. The van der Waals surface area contributed by atoms with Crippen molar-refractivity contribution in [2.75, 3.05) is 43.1 Å². The molecule has 2 heterocycles. The van der Waals surface area contributed by atoms with Crippen molar-refractivity contribution in [3.05, 3.63) is 59.7 Å². The molecule has 2 unspecified atom stereocenters. The summed E-state index contributed by atoms with van der Waals surface area (Å²) in [7, 11) is 0. The average Bonchev–Trinajstić information content (AvgIpc) is 3.22. The van der Waals surface area contributed by atoms with Gasteiger partial charge in [-0.15, -0.1) is 0 Å². The monoisotopic (exact) mass is 435 g/mol. The number of carbonyl (C=O) groups is 2. The molecule has 4 rings (SSSR count). The first-order chi connectivity index (χ1) is 15.6. The topological polar surface area (TPSA) is 61.9 Å². The van der Waals surface area contributed by atoms with Gasteiger partial charge in [0.05, 0.1) is 19.1 Å². The van der Waals surface area contributed by atoms with Crippen LogP contribution in [0.4, 0.5) is 11.4 Å². The predicted octanol–water partition coefficient (Wildman–Crippen LogP) is 4.02. The maximum absolute atomic E-state index is 13.1. The van der Waals surface area contributed by atoms with Crippen molar-refractivity contribution < 1.29 is 14.3 Å². The van der Waals surface area contributed by atoms with Gasteiger partial charge in [-0.3, -0.25) is 14.5 Å². The quantitative estimate of drug-likeness (QED) is 0.714. The number of nitrogens with one attached hydrogen (secondary N) is 1. The van der Waals surface area contributed by atoms with E-state index in [-0.39, 0.29) is 24.2 Å². The van der Waals surface area contributed by atoms with Gasteiger partial charge in [-0.05, 0) is 35.6 Å². The van der Waals surface area contributed by atoms with Crippen LogP contribution in [0.5, 0.6) is 0 Å². The molecule has 0 bridgehead atoms. The molecule has 170 valence electrons. The largest absolute Gasteiger partial charge is 0.379 e. The first-order valence-electron chi connectivity index (χ1n) is 11.6. The Labute approximate surface area is 190 Å². The number of morpholine rings is 1. The summed E-state index contributed by atoms with van der Waals surface area (Å²) in [6.45, 7) is 8.79. The molecule has 2 aliphatic rings. The standard InChI is InChI=1S/C26H33N3O3/c1-3-19(2)22-9-5-7-11-24(22)29-18-21(16-25(29)30)26(31)27-23-10-6-4-8-20(23)17-28-12-14-32-15-13-28/h4-11,19,21H,3,12-18H2,1-2H3,(H,27,31). The van der Waals surface area contributed by atoms with Gasteiger partial charge in [0, 0.05) is 44.0 Å². The minimum atomic E-state index is -0.357. The van der Waals surface area contributed by atoms with Gasteiger partial charge >= 0.3 is 0 Å². The summed E-state index contributed by atoms with van der Waals surface area (Å²) in [5.74, 6) is -0.0679. The lowest BCUT2D eigenvalue weighted by atomic mass is 9.96. The fraction of sp³-hybridized carbons (Fsp3) is 0.462. The Morgan fingerprint density at radius 2 is 1.84 bits per heavy atom. The minimum absolute atomic E-state index is 0.0162. The molecule has 6 nitrogen and oxygen atoms in total. The van der Waals surface area contributed by atoms with Crippen molar-refractivity contribution >= 4 is 23.2 Å². The molecule has 0 aliphatic carbocycles. The molecule has 0 radical (unpaired) electrons. The number of hydrogen-bond donors (Lipinski definition) is 1. The van der Waals surface area contributed by atoms with Crippen LogP contribution in [-0.2, 0) is 20.9 Å². The molecule has 0 spiro atoms. The summed E-state index contributed by atoms with van der Waals surface area (Å²) in [5, 5.41) is 3.11. The second-order valence-corrected chi connectivity index (χ2v) is 8.81. The van der Waals surface area contributed by atoms with E-state index in [9.17, 15) is 9.59 Å². The van der Waals surface area contributed by atoms with E-state index in [0.29, 0.717) is 12.5 Å². The summed E-state index contributed by atoms with van der Waals surface area (Å²) >= 11 is 0. The number of hydrogen-bond acceptors (Lipinski definition) is 4. The van der Waals surface area contributed by atoms with Crippen LogP contribution in [0.25, 0.3) is 0 Å². The maximum Gasteiger partial charge on any atom is 0.229 e. The molecular formula is C26H33N3O3. The van der Waals surface area contributed by atoms with Crippen LogP contribution in [-0.4, -0.2) is 49.6 Å². The van der Waals surface area contributed by atoms with E-state index in [1.807, 2.05) is 36.4 Å². The van der Waals surface area contributed by atoms with Crippen molar-refractivity contribution in [1.29, 1.82) is 0 Å². The number of carbonyl (C=O) groups excluding carboxylic acids is 2. The third kappa shape index (κ3) is 5.03. The van der Waals surface area contributed by atoms with E-state index in [2.05, 4.69) is 36.2 Å². The SMILES string of the molecule is CCC(C)c1ccccc1N1CC(C(=O)Nc2ccccc2CN2CCOCC2)CC1=O. The second kappa shape index (κ2) is 10.3. The number of rotatable bonds is 7. The Kier molecular flexibility index (Phi) is 7.22.